The summed E-state index contributed by atoms with van der Waals surface area (Å²) in [5.41, 5.74) is 6.03. The molecule has 0 bridgehead atoms. The monoisotopic (exact) mass is 723 g/mol. The van der Waals surface area contributed by atoms with Crippen LogP contribution in [0.4, 0.5) is 0 Å². The summed E-state index contributed by atoms with van der Waals surface area (Å²) in [5.74, 6) is 0.895. The van der Waals surface area contributed by atoms with E-state index in [0.717, 1.165) is 39.4 Å². The van der Waals surface area contributed by atoms with Gasteiger partial charge in [0.25, 0.3) is 0 Å². The summed E-state index contributed by atoms with van der Waals surface area (Å²) in [6, 6.07) is 45.3. The Morgan fingerprint density at radius 1 is 0.683 bits per heavy atom. The molecule has 0 saturated carbocycles. The minimum absolute atomic E-state index is 0. The van der Waals surface area contributed by atoms with Crippen LogP contribution in [0.2, 0.25) is 0 Å². The molecule has 0 spiro atoms. The molecular formula is C35H22IrN4S-2. The standard InChI is InChI=1S/C24H14N3S.C11H8N.Ir/c1-2-7-16(8-3-1)27-21-15-25-14-13-20(21)26-24(27)19-11-6-10-18-17-9-4-5-12-22(17)28-23(18)19;1-2-6-10(7-3-1)11-8-4-5-9-12-11;/h1-10,12-15H;1-6,8-9H;/q2*-1;. The molecule has 0 fully saturated rings. The van der Waals surface area contributed by atoms with Gasteiger partial charge < -0.3 is 9.55 Å². The van der Waals surface area contributed by atoms with Crippen molar-refractivity contribution in [2.24, 2.45) is 0 Å². The molecule has 6 heteroatoms. The third kappa shape index (κ3) is 5.21. The second-order valence-electron chi connectivity index (χ2n) is 9.16. The van der Waals surface area contributed by atoms with Crippen molar-refractivity contribution in [3.63, 3.8) is 0 Å². The van der Waals surface area contributed by atoms with E-state index in [1.165, 1.54) is 20.2 Å². The minimum Gasteiger partial charge on any atom is -0.332 e. The molecule has 4 heterocycles. The Morgan fingerprint density at radius 2 is 1.51 bits per heavy atom. The summed E-state index contributed by atoms with van der Waals surface area (Å²) in [4.78, 5) is 13.5. The zero-order valence-corrected chi connectivity index (χ0v) is 24.9. The zero-order chi connectivity index (χ0) is 26.7. The van der Waals surface area contributed by atoms with Gasteiger partial charge in [-0.3, -0.25) is 9.97 Å². The van der Waals surface area contributed by atoms with E-state index in [9.17, 15) is 0 Å². The molecule has 0 amide bonds. The van der Waals surface area contributed by atoms with Gasteiger partial charge in [0.1, 0.15) is 0 Å². The smallest absolute Gasteiger partial charge is 0.0822 e. The van der Waals surface area contributed by atoms with E-state index in [0.29, 0.717) is 0 Å². The van der Waals surface area contributed by atoms with E-state index >= 15 is 0 Å². The van der Waals surface area contributed by atoms with Gasteiger partial charge in [-0.1, -0.05) is 59.5 Å². The molecule has 4 aromatic carbocycles. The Balaban J connectivity index is 0.000000196. The molecule has 0 atom stereocenters. The van der Waals surface area contributed by atoms with Crippen molar-refractivity contribution in [1.82, 2.24) is 19.5 Å². The van der Waals surface area contributed by atoms with Gasteiger partial charge in [0.2, 0.25) is 0 Å². The first-order chi connectivity index (χ1) is 19.9. The van der Waals surface area contributed by atoms with Gasteiger partial charge in [-0.25, -0.2) is 0 Å². The fraction of sp³-hybridized carbons (Fsp3) is 0. The molecular weight excluding hydrogens is 701 g/mol. The number of thiophene rings is 1. The van der Waals surface area contributed by atoms with Crippen LogP contribution in [0.3, 0.4) is 0 Å². The predicted octanol–water partition coefficient (Wildman–Crippen LogP) is 8.80. The first-order valence-electron chi connectivity index (χ1n) is 12.9. The maximum atomic E-state index is 4.98. The van der Waals surface area contributed by atoms with Gasteiger partial charge >= 0.3 is 0 Å². The molecule has 4 aromatic heterocycles. The van der Waals surface area contributed by atoms with Gasteiger partial charge in [-0.05, 0) is 46.1 Å². The van der Waals surface area contributed by atoms with Crippen molar-refractivity contribution in [3.8, 4) is 28.3 Å². The predicted molar refractivity (Wildman–Crippen MR) is 165 cm³/mol. The number of benzene rings is 4. The maximum Gasteiger partial charge on any atom is 0.0822 e. The molecule has 4 nitrogen and oxygen atoms in total. The fourth-order valence-electron chi connectivity index (χ4n) is 4.86. The van der Waals surface area contributed by atoms with Crippen LogP contribution in [0, 0.1) is 12.1 Å². The number of fused-ring (bicyclic) bond motifs is 4. The SMILES string of the molecule is [Ir].[c-]1ccc2c(sc3ccccc32)c1-c1nc2ccncc2n1-c1ccccc1.[c-]1ccccc1-c1ccccn1. The first-order valence-corrected chi connectivity index (χ1v) is 13.8. The van der Waals surface area contributed by atoms with Crippen LogP contribution >= 0.6 is 11.3 Å². The Hall–Kier alpha value is -4.48. The minimum atomic E-state index is 0. The van der Waals surface area contributed by atoms with Gasteiger partial charge in [0.15, 0.2) is 0 Å². The number of rotatable bonds is 3. The molecule has 0 N–H and O–H groups in total. The third-order valence-electron chi connectivity index (χ3n) is 6.68. The van der Waals surface area contributed by atoms with E-state index in [4.69, 9.17) is 4.98 Å². The van der Waals surface area contributed by atoms with Crippen LogP contribution < -0.4 is 0 Å². The van der Waals surface area contributed by atoms with Gasteiger partial charge in [-0.2, -0.15) is 11.3 Å². The van der Waals surface area contributed by atoms with Crippen LogP contribution in [-0.2, 0) is 20.1 Å². The van der Waals surface area contributed by atoms with Crippen molar-refractivity contribution in [3.05, 3.63) is 146 Å². The van der Waals surface area contributed by atoms with Crippen molar-refractivity contribution in [1.29, 1.82) is 0 Å². The summed E-state index contributed by atoms with van der Waals surface area (Å²) in [6.07, 6.45) is 5.46. The number of para-hydroxylation sites is 1. The van der Waals surface area contributed by atoms with E-state index < -0.39 is 0 Å². The number of hydrogen-bond donors (Lipinski definition) is 0. The second kappa shape index (κ2) is 11.9. The Kier molecular flexibility index (Phi) is 7.79. The zero-order valence-electron chi connectivity index (χ0n) is 21.7. The van der Waals surface area contributed by atoms with Crippen molar-refractivity contribution in [2.75, 3.05) is 0 Å². The summed E-state index contributed by atoms with van der Waals surface area (Å²) in [7, 11) is 0. The van der Waals surface area contributed by atoms with E-state index in [-0.39, 0.29) is 20.1 Å². The van der Waals surface area contributed by atoms with Gasteiger partial charge in [0.05, 0.1) is 23.1 Å². The molecule has 0 aliphatic rings. The molecule has 8 aromatic rings. The summed E-state index contributed by atoms with van der Waals surface area (Å²) < 4.78 is 4.67. The van der Waals surface area contributed by atoms with Crippen LogP contribution in [0.15, 0.2) is 134 Å². The molecule has 8 rings (SSSR count). The van der Waals surface area contributed by atoms with E-state index in [1.54, 1.807) is 23.7 Å². The first kappa shape index (κ1) is 26.7. The largest absolute Gasteiger partial charge is 0.332 e. The van der Waals surface area contributed by atoms with E-state index in [2.05, 4.69) is 69.1 Å². The molecule has 0 unspecified atom stereocenters. The molecule has 1 radical (unpaired) electrons. The van der Waals surface area contributed by atoms with Crippen molar-refractivity contribution >= 4 is 42.5 Å². The Morgan fingerprint density at radius 3 is 2.34 bits per heavy atom. The van der Waals surface area contributed by atoms with Crippen LogP contribution in [-0.4, -0.2) is 19.5 Å². The number of nitrogens with zero attached hydrogens (tertiary/aromatic N) is 4. The fourth-order valence-corrected chi connectivity index (χ4v) is 6.06. The number of aromatic nitrogens is 4. The van der Waals surface area contributed by atoms with E-state index in [1.807, 2.05) is 79.0 Å². The Labute approximate surface area is 255 Å². The maximum absolute atomic E-state index is 4.98. The van der Waals surface area contributed by atoms with Crippen LogP contribution in [0.25, 0.3) is 59.5 Å². The van der Waals surface area contributed by atoms with Gasteiger partial charge in [0, 0.05) is 42.9 Å². The Bertz CT molecular complexity index is 2020. The van der Waals surface area contributed by atoms with Crippen LogP contribution in [0.5, 0.6) is 0 Å². The average molecular weight is 723 g/mol. The topological polar surface area (TPSA) is 43.6 Å². The summed E-state index contributed by atoms with van der Waals surface area (Å²) in [6.45, 7) is 0. The van der Waals surface area contributed by atoms with Crippen molar-refractivity contribution < 1.29 is 20.1 Å². The molecule has 41 heavy (non-hydrogen) atoms. The number of imidazole rings is 1. The number of pyridine rings is 2. The number of hydrogen-bond acceptors (Lipinski definition) is 4. The second-order valence-corrected chi connectivity index (χ2v) is 10.2. The van der Waals surface area contributed by atoms with Crippen molar-refractivity contribution in [2.45, 2.75) is 0 Å². The summed E-state index contributed by atoms with van der Waals surface area (Å²) >= 11 is 1.80. The van der Waals surface area contributed by atoms with Crippen LogP contribution in [0.1, 0.15) is 0 Å². The quantitative estimate of drug-likeness (QED) is 0.171. The molecule has 0 aliphatic carbocycles. The summed E-state index contributed by atoms with van der Waals surface area (Å²) in [5, 5.41) is 2.53. The molecule has 0 saturated heterocycles. The normalized spacial score (nSPS) is 10.7. The molecule has 199 valence electrons. The molecule has 0 aliphatic heterocycles. The van der Waals surface area contributed by atoms with Gasteiger partial charge in [-0.15, -0.1) is 54.1 Å². The third-order valence-corrected chi connectivity index (χ3v) is 7.89. The average Bonchev–Trinajstić information content (AvgIpc) is 3.62.